The van der Waals surface area contributed by atoms with Gasteiger partial charge < -0.3 is 9.32 Å². The summed E-state index contributed by atoms with van der Waals surface area (Å²) in [5, 5.41) is 0.557. The number of likely N-dealkylation sites (tertiary alicyclic amines) is 1. The second-order valence-corrected chi connectivity index (χ2v) is 7.70. The van der Waals surface area contributed by atoms with Gasteiger partial charge in [-0.25, -0.2) is 4.98 Å². The number of oxazole rings is 1. The number of rotatable bonds is 3. The summed E-state index contributed by atoms with van der Waals surface area (Å²) < 4.78 is 6.05. The van der Waals surface area contributed by atoms with E-state index in [2.05, 4.69) is 12.1 Å². The zero-order valence-electron chi connectivity index (χ0n) is 15.7. The minimum atomic E-state index is -0.158. The quantitative estimate of drug-likeness (QED) is 0.414. The molecule has 5 heteroatoms. The Morgan fingerprint density at radius 3 is 2.69 bits per heavy atom. The third-order valence-corrected chi connectivity index (χ3v) is 5.62. The summed E-state index contributed by atoms with van der Waals surface area (Å²) in [4.78, 5) is 19.6. The summed E-state index contributed by atoms with van der Waals surface area (Å²) in [6.07, 6.45) is 1.76. The number of carbonyl (C=O) groups excluding carboxylic acids is 1. The first-order chi connectivity index (χ1) is 14.2. The fourth-order valence-electron chi connectivity index (χ4n) is 3.95. The summed E-state index contributed by atoms with van der Waals surface area (Å²) in [7, 11) is 0. The average Bonchev–Trinajstić information content (AvgIpc) is 3.40. The fraction of sp³-hybridized carbons (Fsp3) is 0.167. The first kappa shape index (κ1) is 18.0. The first-order valence-electron chi connectivity index (χ1n) is 9.71. The summed E-state index contributed by atoms with van der Waals surface area (Å²) in [5.41, 5.74) is 4.37. The van der Waals surface area contributed by atoms with Crippen molar-refractivity contribution >= 4 is 28.6 Å². The van der Waals surface area contributed by atoms with E-state index in [0.29, 0.717) is 23.0 Å². The van der Waals surface area contributed by atoms with E-state index in [0.717, 1.165) is 35.1 Å². The number of nitrogens with zero attached hydrogens (tertiary/aromatic N) is 2. The van der Waals surface area contributed by atoms with Gasteiger partial charge in [-0.15, -0.1) is 0 Å². The normalized spacial score (nSPS) is 16.4. The molecule has 1 aromatic heterocycles. The maximum Gasteiger partial charge on any atom is 0.254 e. The molecule has 4 nitrogen and oxygen atoms in total. The lowest BCUT2D eigenvalue weighted by Gasteiger charge is -2.22. The molecule has 1 aliphatic heterocycles. The van der Waals surface area contributed by atoms with Gasteiger partial charge in [-0.2, -0.15) is 0 Å². The molecule has 144 valence electrons. The Hall–Kier alpha value is -3.11. The van der Waals surface area contributed by atoms with E-state index >= 15 is 0 Å². The van der Waals surface area contributed by atoms with E-state index < -0.39 is 0 Å². The molecule has 0 radical (unpaired) electrons. The smallest absolute Gasteiger partial charge is 0.254 e. The minimum absolute atomic E-state index is 0.0396. The van der Waals surface area contributed by atoms with Gasteiger partial charge >= 0.3 is 0 Å². The van der Waals surface area contributed by atoms with Crippen LogP contribution in [0.1, 0.15) is 35.1 Å². The molecule has 1 atom stereocenters. The van der Waals surface area contributed by atoms with E-state index in [1.165, 1.54) is 0 Å². The van der Waals surface area contributed by atoms with Crippen molar-refractivity contribution in [1.82, 2.24) is 9.88 Å². The molecule has 4 aromatic rings. The number of fused-ring (bicyclic) bond motifs is 1. The van der Waals surface area contributed by atoms with Crippen LogP contribution < -0.4 is 0 Å². The molecule has 5 rings (SSSR count). The van der Waals surface area contributed by atoms with E-state index in [4.69, 9.17) is 21.0 Å². The van der Waals surface area contributed by atoms with Crippen LogP contribution in [0.4, 0.5) is 0 Å². The SMILES string of the molecule is O=C(c1cccc(Cl)c1)N1CCC[C@H]1c1nc2cc(-c3ccccc3)ccc2o1. The van der Waals surface area contributed by atoms with Gasteiger partial charge in [-0.3, -0.25) is 4.79 Å². The Labute approximate surface area is 173 Å². The Bertz CT molecular complexity index is 1190. The number of halogens is 1. The van der Waals surface area contributed by atoms with Gasteiger partial charge in [0.2, 0.25) is 5.89 Å². The van der Waals surface area contributed by atoms with E-state index in [1.807, 2.05) is 41.3 Å². The predicted molar refractivity (Wildman–Crippen MR) is 114 cm³/mol. The summed E-state index contributed by atoms with van der Waals surface area (Å²) >= 11 is 6.07. The van der Waals surface area contributed by atoms with Crippen molar-refractivity contribution in [3.8, 4) is 11.1 Å². The van der Waals surface area contributed by atoms with Crippen molar-refractivity contribution in [1.29, 1.82) is 0 Å². The maximum absolute atomic E-state index is 13.0. The van der Waals surface area contributed by atoms with Crippen molar-refractivity contribution in [3.63, 3.8) is 0 Å². The van der Waals surface area contributed by atoms with Crippen LogP contribution in [-0.4, -0.2) is 22.3 Å². The molecule has 0 saturated carbocycles. The lowest BCUT2D eigenvalue weighted by atomic mass is 10.1. The summed E-state index contributed by atoms with van der Waals surface area (Å²) in [6.45, 7) is 0.685. The van der Waals surface area contributed by atoms with Gasteiger partial charge in [0.1, 0.15) is 11.6 Å². The third kappa shape index (κ3) is 3.40. The monoisotopic (exact) mass is 402 g/mol. The molecule has 0 spiro atoms. The molecule has 0 unspecified atom stereocenters. The van der Waals surface area contributed by atoms with Crippen molar-refractivity contribution in [2.45, 2.75) is 18.9 Å². The zero-order chi connectivity index (χ0) is 19.8. The standard InChI is InChI=1S/C24H19ClN2O2/c25-19-9-4-8-18(14-19)24(28)27-13-5-10-21(27)23-26-20-15-17(11-12-22(20)29-23)16-6-2-1-3-7-16/h1-4,6-9,11-12,14-15,21H,5,10,13H2/t21-/m0/s1. The maximum atomic E-state index is 13.0. The third-order valence-electron chi connectivity index (χ3n) is 5.38. The van der Waals surface area contributed by atoms with Gasteiger partial charge in [0, 0.05) is 17.1 Å². The van der Waals surface area contributed by atoms with E-state index in [1.54, 1.807) is 24.3 Å². The van der Waals surface area contributed by atoms with E-state index in [-0.39, 0.29) is 11.9 Å². The number of hydrogen-bond donors (Lipinski definition) is 0. The minimum Gasteiger partial charge on any atom is -0.438 e. The highest BCUT2D eigenvalue weighted by Gasteiger charge is 2.34. The second kappa shape index (κ2) is 7.37. The zero-order valence-corrected chi connectivity index (χ0v) is 16.5. The molecule has 1 amide bonds. The van der Waals surface area contributed by atoms with Crippen molar-refractivity contribution < 1.29 is 9.21 Å². The molecule has 2 heterocycles. The molecule has 1 saturated heterocycles. The lowest BCUT2D eigenvalue weighted by Crippen LogP contribution is -2.30. The van der Waals surface area contributed by atoms with Crippen LogP contribution in [0.2, 0.25) is 5.02 Å². The summed E-state index contributed by atoms with van der Waals surface area (Å²) in [6, 6.07) is 23.1. The van der Waals surface area contributed by atoms with Crippen molar-refractivity contribution in [2.75, 3.05) is 6.54 Å². The first-order valence-corrected chi connectivity index (χ1v) is 10.1. The Morgan fingerprint density at radius 2 is 1.86 bits per heavy atom. The van der Waals surface area contributed by atoms with Crippen LogP contribution in [0.15, 0.2) is 77.2 Å². The fourth-order valence-corrected chi connectivity index (χ4v) is 4.14. The summed E-state index contributed by atoms with van der Waals surface area (Å²) in [5.74, 6) is 0.556. The highest BCUT2D eigenvalue weighted by molar-refractivity contribution is 6.30. The van der Waals surface area contributed by atoms with Crippen molar-refractivity contribution in [2.24, 2.45) is 0 Å². The molecule has 0 N–H and O–H groups in total. The Balaban J connectivity index is 1.47. The van der Waals surface area contributed by atoms with E-state index in [9.17, 15) is 4.79 Å². The van der Waals surface area contributed by atoms with Gasteiger partial charge in [-0.05, 0) is 54.3 Å². The predicted octanol–water partition coefficient (Wildman–Crippen LogP) is 6.13. The van der Waals surface area contributed by atoms with Crippen LogP contribution in [-0.2, 0) is 0 Å². The highest BCUT2D eigenvalue weighted by atomic mass is 35.5. The molecule has 0 bridgehead atoms. The van der Waals surface area contributed by atoms with Gasteiger partial charge in [0.05, 0.1) is 0 Å². The van der Waals surface area contributed by atoms with Gasteiger partial charge in [0.25, 0.3) is 5.91 Å². The number of amides is 1. The van der Waals surface area contributed by atoms with Crippen molar-refractivity contribution in [3.05, 3.63) is 89.3 Å². The largest absolute Gasteiger partial charge is 0.438 e. The van der Waals surface area contributed by atoms with Gasteiger partial charge in [0.15, 0.2) is 5.58 Å². The van der Waals surface area contributed by atoms with Crippen LogP contribution in [0.3, 0.4) is 0 Å². The van der Waals surface area contributed by atoms with Gasteiger partial charge in [-0.1, -0.05) is 54.1 Å². The Kier molecular flexibility index (Phi) is 4.57. The number of carbonyl (C=O) groups is 1. The molecular formula is C24H19ClN2O2. The second-order valence-electron chi connectivity index (χ2n) is 7.27. The number of aromatic nitrogens is 1. The van der Waals surface area contributed by atoms with Crippen LogP contribution >= 0.6 is 11.6 Å². The molecule has 0 aliphatic carbocycles. The molecule has 3 aromatic carbocycles. The van der Waals surface area contributed by atoms with Crippen LogP contribution in [0.25, 0.3) is 22.2 Å². The molecular weight excluding hydrogens is 384 g/mol. The molecule has 29 heavy (non-hydrogen) atoms. The topological polar surface area (TPSA) is 46.3 Å². The molecule has 1 aliphatic rings. The van der Waals surface area contributed by atoms with Crippen LogP contribution in [0.5, 0.6) is 0 Å². The highest BCUT2D eigenvalue weighted by Crippen LogP contribution is 2.35. The average molecular weight is 403 g/mol. The van der Waals surface area contributed by atoms with Crippen LogP contribution in [0, 0.1) is 0 Å². The number of hydrogen-bond acceptors (Lipinski definition) is 3. The molecule has 1 fully saturated rings. The lowest BCUT2D eigenvalue weighted by molar-refractivity contribution is 0.0717. The Morgan fingerprint density at radius 1 is 1.00 bits per heavy atom. The number of benzene rings is 3.